The van der Waals surface area contributed by atoms with Crippen LogP contribution in [0.3, 0.4) is 0 Å². The summed E-state index contributed by atoms with van der Waals surface area (Å²) in [5.41, 5.74) is 0. The summed E-state index contributed by atoms with van der Waals surface area (Å²) in [4.78, 5) is 4.95. The van der Waals surface area contributed by atoms with Crippen molar-refractivity contribution in [2.45, 2.75) is 0 Å². The van der Waals surface area contributed by atoms with Crippen molar-refractivity contribution in [2.24, 2.45) is 0 Å². The fourth-order valence-electron chi connectivity index (χ4n) is 0.879. The molecule has 1 N–H and O–H groups in total. The highest BCUT2D eigenvalue weighted by atomic mass is 32.1. The Morgan fingerprint density at radius 2 is 2.45 bits per heavy atom. The van der Waals surface area contributed by atoms with E-state index in [1.165, 1.54) is 6.20 Å². The molecule has 0 radical (unpaired) electrons. The molecule has 2 rings (SSSR count). The molecule has 0 saturated carbocycles. The third-order valence-corrected chi connectivity index (χ3v) is 2.23. The lowest BCUT2D eigenvalue weighted by atomic mass is 10.4. The molecule has 56 valence electrons. The van der Waals surface area contributed by atoms with E-state index in [0.29, 0.717) is 5.82 Å². The summed E-state index contributed by atoms with van der Waals surface area (Å²) >= 11 is 1.55. The van der Waals surface area contributed by atoms with Gasteiger partial charge in [-0.2, -0.15) is 4.73 Å². The van der Waals surface area contributed by atoms with Crippen LogP contribution in [-0.4, -0.2) is 14.9 Å². The first-order valence-corrected chi connectivity index (χ1v) is 4.02. The number of nitrogens with zero attached hydrogens (tertiary/aromatic N) is 2. The van der Waals surface area contributed by atoms with Crippen LogP contribution in [0.2, 0.25) is 0 Å². The maximum Gasteiger partial charge on any atom is 0.185 e. The Kier molecular flexibility index (Phi) is 1.40. The fourth-order valence-corrected chi connectivity index (χ4v) is 1.59. The molecule has 0 bridgehead atoms. The Balaban J connectivity index is 2.53. The number of rotatable bonds is 1. The molecule has 0 fully saturated rings. The highest BCUT2D eigenvalue weighted by Gasteiger charge is 2.03. The smallest absolute Gasteiger partial charge is 0.185 e. The summed E-state index contributed by atoms with van der Waals surface area (Å²) < 4.78 is 1.02. The third-order valence-electron chi connectivity index (χ3n) is 1.36. The standard InChI is InChI=1S/C7H6N2OS/c10-9-4-3-8-7(9)6-2-1-5-11-6/h1-5,10H. The molecule has 0 aliphatic heterocycles. The molecule has 4 heteroatoms. The van der Waals surface area contributed by atoms with Gasteiger partial charge in [-0.3, -0.25) is 0 Å². The summed E-state index contributed by atoms with van der Waals surface area (Å²) in [6.07, 6.45) is 3.07. The van der Waals surface area contributed by atoms with Gasteiger partial charge in [0.25, 0.3) is 0 Å². The molecule has 0 aliphatic carbocycles. The van der Waals surface area contributed by atoms with Gasteiger partial charge in [-0.1, -0.05) is 6.07 Å². The van der Waals surface area contributed by atoms with Crippen molar-refractivity contribution in [1.29, 1.82) is 0 Å². The highest BCUT2D eigenvalue weighted by Crippen LogP contribution is 2.21. The van der Waals surface area contributed by atoms with E-state index in [0.717, 1.165) is 9.61 Å². The third kappa shape index (κ3) is 1.01. The second-order valence-electron chi connectivity index (χ2n) is 2.07. The predicted octanol–water partition coefficient (Wildman–Crippen LogP) is 1.85. The minimum Gasteiger partial charge on any atom is -0.427 e. The average Bonchev–Trinajstić information content (AvgIpc) is 2.55. The van der Waals surface area contributed by atoms with Gasteiger partial charge in [0, 0.05) is 6.20 Å². The van der Waals surface area contributed by atoms with Crippen LogP contribution in [0.15, 0.2) is 29.9 Å². The van der Waals surface area contributed by atoms with E-state index in [4.69, 9.17) is 0 Å². The Morgan fingerprint density at radius 3 is 3.00 bits per heavy atom. The van der Waals surface area contributed by atoms with Gasteiger partial charge in [0.15, 0.2) is 5.82 Å². The minimum absolute atomic E-state index is 0.597. The van der Waals surface area contributed by atoms with E-state index in [9.17, 15) is 5.21 Å². The van der Waals surface area contributed by atoms with Gasteiger partial charge >= 0.3 is 0 Å². The number of imidazole rings is 1. The lowest BCUT2D eigenvalue weighted by Crippen LogP contribution is -1.89. The molecule has 0 aromatic carbocycles. The Morgan fingerprint density at radius 1 is 1.55 bits per heavy atom. The Labute approximate surface area is 67.5 Å². The predicted molar refractivity (Wildman–Crippen MR) is 42.7 cm³/mol. The summed E-state index contributed by atoms with van der Waals surface area (Å²) in [7, 11) is 0. The summed E-state index contributed by atoms with van der Waals surface area (Å²) in [6.45, 7) is 0. The van der Waals surface area contributed by atoms with Crippen molar-refractivity contribution in [3.05, 3.63) is 29.9 Å². The van der Waals surface area contributed by atoms with Gasteiger partial charge in [0.1, 0.15) is 0 Å². The number of hydrogen-bond acceptors (Lipinski definition) is 3. The SMILES string of the molecule is On1ccnc1-c1cccs1. The van der Waals surface area contributed by atoms with Crippen LogP contribution >= 0.6 is 11.3 Å². The zero-order valence-electron chi connectivity index (χ0n) is 5.64. The molecule has 0 amide bonds. The van der Waals surface area contributed by atoms with Crippen LogP contribution < -0.4 is 0 Å². The number of aromatic nitrogens is 2. The van der Waals surface area contributed by atoms with Gasteiger partial charge < -0.3 is 5.21 Å². The van der Waals surface area contributed by atoms with Crippen molar-refractivity contribution >= 4 is 11.3 Å². The molecule has 0 atom stereocenters. The molecular formula is C7H6N2OS. The van der Waals surface area contributed by atoms with E-state index in [-0.39, 0.29) is 0 Å². The lowest BCUT2D eigenvalue weighted by molar-refractivity contribution is 0.191. The number of thiophene rings is 1. The quantitative estimate of drug-likeness (QED) is 0.656. The second-order valence-corrected chi connectivity index (χ2v) is 3.02. The van der Waals surface area contributed by atoms with Crippen molar-refractivity contribution in [3.8, 4) is 10.7 Å². The lowest BCUT2D eigenvalue weighted by Gasteiger charge is -1.93. The largest absolute Gasteiger partial charge is 0.427 e. The first-order chi connectivity index (χ1) is 5.38. The minimum atomic E-state index is 0.597. The fraction of sp³-hybridized carbons (Fsp3) is 0. The summed E-state index contributed by atoms with van der Waals surface area (Å²) in [5, 5.41) is 11.1. The van der Waals surface area contributed by atoms with Crippen molar-refractivity contribution < 1.29 is 5.21 Å². The molecular weight excluding hydrogens is 160 g/mol. The Bertz CT molecular complexity index is 339. The zero-order valence-corrected chi connectivity index (χ0v) is 6.45. The molecule has 2 heterocycles. The molecule has 11 heavy (non-hydrogen) atoms. The van der Waals surface area contributed by atoms with Crippen LogP contribution in [0.1, 0.15) is 0 Å². The van der Waals surface area contributed by atoms with E-state index in [1.54, 1.807) is 17.5 Å². The van der Waals surface area contributed by atoms with Gasteiger partial charge in [0.05, 0.1) is 11.1 Å². The van der Waals surface area contributed by atoms with E-state index in [2.05, 4.69) is 4.98 Å². The van der Waals surface area contributed by atoms with E-state index < -0.39 is 0 Å². The first kappa shape index (κ1) is 6.42. The van der Waals surface area contributed by atoms with Crippen molar-refractivity contribution in [2.75, 3.05) is 0 Å². The normalized spacial score (nSPS) is 10.2. The highest BCUT2D eigenvalue weighted by molar-refractivity contribution is 7.13. The molecule has 0 spiro atoms. The second kappa shape index (κ2) is 2.39. The van der Waals surface area contributed by atoms with Gasteiger partial charge in [-0.25, -0.2) is 4.98 Å². The first-order valence-electron chi connectivity index (χ1n) is 3.14. The molecule has 2 aromatic heterocycles. The molecule has 0 saturated heterocycles. The Hall–Kier alpha value is -1.29. The van der Waals surface area contributed by atoms with Gasteiger partial charge in [-0.15, -0.1) is 11.3 Å². The molecule has 2 aromatic rings. The molecule has 3 nitrogen and oxygen atoms in total. The average molecular weight is 166 g/mol. The maximum absolute atomic E-state index is 9.18. The van der Waals surface area contributed by atoms with Crippen LogP contribution in [0.4, 0.5) is 0 Å². The summed E-state index contributed by atoms with van der Waals surface area (Å²) in [6, 6.07) is 3.84. The van der Waals surface area contributed by atoms with Crippen molar-refractivity contribution in [1.82, 2.24) is 9.71 Å². The molecule has 0 unspecified atom stereocenters. The van der Waals surface area contributed by atoms with Crippen LogP contribution in [0.5, 0.6) is 0 Å². The maximum atomic E-state index is 9.18. The number of hydrogen-bond donors (Lipinski definition) is 1. The topological polar surface area (TPSA) is 38.0 Å². The van der Waals surface area contributed by atoms with Crippen LogP contribution in [0, 0.1) is 0 Å². The zero-order chi connectivity index (χ0) is 7.68. The van der Waals surface area contributed by atoms with E-state index in [1.807, 2.05) is 17.5 Å². The van der Waals surface area contributed by atoms with Crippen LogP contribution in [-0.2, 0) is 0 Å². The van der Waals surface area contributed by atoms with E-state index >= 15 is 0 Å². The van der Waals surface area contributed by atoms with Gasteiger partial charge in [-0.05, 0) is 11.4 Å². The van der Waals surface area contributed by atoms with Gasteiger partial charge in [0.2, 0.25) is 0 Å². The van der Waals surface area contributed by atoms with Crippen molar-refractivity contribution in [3.63, 3.8) is 0 Å². The van der Waals surface area contributed by atoms with Crippen LogP contribution in [0.25, 0.3) is 10.7 Å². The summed E-state index contributed by atoms with van der Waals surface area (Å²) in [5.74, 6) is 0.597. The monoisotopic (exact) mass is 166 g/mol. The molecule has 0 aliphatic rings.